The topological polar surface area (TPSA) is 53.4 Å². The minimum atomic E-state index is -0.0698. The van der Waals surface area contributed by atoms with Crippen LogP contribution in [0, 0.1) is 0 Å². The molecule has 0 saturated carbocycles. The van der Waals surface area contributed by atoms with E-state index in [2.05, 4.69) is 78.2 Å². The molecule has 0 radical (unpaired) electrons. The average molecular weight is 469 g/mol. The number of nitrogens with one attached hydrogen (secondary N) is 3. The van der Waals surface area contributed by atoms with Gasteiger partial charge in [-0.2, -0.15) is 0 Å². The second-order valence-electron chi connectivity index (χ2n) is 7.13. The number of aryl methyl sites for hydroxylation is 1. The van der Waals surface area contributed by atoms with Gasteiger partial charge in [0, 0.05) is 51.2 Å². The van der Waals surface area contributed by atoms with Crippen LogP contribution in [0.3, 0.4) is 0 Å². The summed E-state index contributed by atoms with van der Waals surface area (Å²) in [5, 5.41) is 10.4. The minimum Gasteiger partial charge on any atom is -0.357 e. The molecule has 0 spiro atoms. The molecule has 0 aliphatic heterocycles. The molecule has 26 heavy (non-hydrogen) atoms. The fraction of sp³-hybridized carbons (Fsp3) is 0.450. The quantitative estimate of drug-likeness (QED) is 0.331. The van der Waals surface area contributed by atoms with Crippen LogP contribution in [0.15, 0.2) is 53.8 Å². The van der Waals surface area contributed by atoms with Gasteiger partial charge in [0.2, 0.25) is 0 Å². The number of hydrogen-bond acceptors (Lipinski definition) is 2. The molecule has 2 rings (SSSR count). The van der Waals surface area contributed by atoms with Crippen LogP contribution in [0.4, 0.5) is 0 Å². The first-order valence-corrected chi connectivity index (χ1v) is 8.77. The monoisotopic (exact) mass is 469 g/mol. The predicted octanol–water partition coefficient (Wildman–Crippen LogP) is 3.44. The van der Waals surface area contributed by atoms with Crippen molar-refractivity contribution in [3.63, 3.8) is 0 Å². The lowest BCUT2D eigenvalue weighted by Gasteiger charge is -2.31. The van der Waals surface area contributed by atoms with E-state index in [1.165, 1.54) is 11.1 Å². The molecule has 144 valence electrons. The highest BCUT2D eigenvalue weighted by atomic mass is 127. The van der Waals surface area contributed by atoms with Gasteiger partial charge in [-0.1, -0.05) is 30.3 Å². The number of hydrogen-bond donors (Lipinski definition) is 3. The number of rotatable bonds is 7. The molecule has 0 aliphatic carbocycles. The second-order valence-corrected chi connectivity index (χ2v) is 7.13. The van der Waals surface area contributed by atoms with Crippen molar-refractivity contribution in [3.05, 3.63) is 59.9 Å². The maximum absolute atomic E-state index is 4.31. The van der Waals surface area contributed by atoms with Crippen molar-refractivity contribution in [2.75, 3.05) is 13.6 Å². The van der Waals surface area contributed by atoms with Crippen molar-refractivity contribution < 1.29 is 0 Å². The van der Waals surface area contributed by atoms with Gasteiger partial charge in [0.25, 0.3) is 0 Å². The Labute approximate surface area is 174 Å². The van der Waals surface area contributed by atoms with E-state index in [0.717, 1.165) is 19.0 Å². The molecule has 0 amide bonds. The van der Waals surface area contributed by atoms with Gasteiger partial charge in [0.1, 0.15) is 0 Å². The van der Waals surface area contributed by atoms with E-state index in [0.29, 0.717) is 0 Å². The lowest BCUT2D eigenvalue weighted by Crippen LogP contribution is -2.52. The Morgan fingerprint density at radius 3 is 2.42 bits per heavy atom. The molecule has 0 bridgehead atoms. The Bertz CT molecular complexity index is 679. The number of benzene rings is 1. The Kier molecular flexibility index (Phi) is 9.15. The Morgan fingerprint density at radius 1 is 1.15 bits per heavy atom. The maximum atomic E-state index is 4.31. The van der Waals surface area contributed by atoms with E-state index in [1.807, 2.05) is 23.9 Å². The number of guanidine groups is 1. The number of nitrogens with zero attached hydrogens (tertiary/aromatic N) is 2. The van der Waals surface area contributed by atoms with Crippen LogP contribution in [0.2, 0.25) is 0 Å². The van der Waals surface area contributed by atoms with Crippen molar-refractivity contribution in [3.8, 4) is 0 Å². The summed E-state index contributed by atoms with van der Waals surface area (Å²) in [6.07, 6.45) is 4.15. The summed E-state index contributed by atoms with van der Waals surface area (Å²) in [5.41, 5.74) is 2.46. The lowest BCUT2D eigenvalue weighted by atomic mass is 10.0. The largest absolute Gasteiger partial charge is 0.357 e. The van der Waals surface area contributed by atoms with Crippen LogP contribution < -0.4 is 16.0 Å². The summed E-state index contributed by atoms with van der Waals surface area (Å²) < 4.78 is 2.05. The normalized spacial score (nSPS) is 13.0. The Hall–Kier alpha value is -1.54. The minimum absolute atomic E-state index is 0. The van der Waals surface area contributed by atoms with Gasteiger partial charge in [-0.05, 0) is 38.0 Å². The number of aliphatic imine (C=N–C) groups is 1. The summed E-state index contributed by atoms with van der Waals surface area (Å²) in [6, 6.07) is 12.9. The molecule has 1 heterocycles. The van der Waals surface area contributed by atoms with Gasteiger partial charge in [0.05, 0.1) is 0 Å². The van der Waals surface area contributed by atoms with Crippen LogP contribution >= 0.6 is 24.0 Å². The number of aromatic nitrogens is 1. The molecule has 5 nitrogen and oxygen atoms in total. The van der Waals surface area contributed by atoms with Gasteiger partial charge < -0.3 is 20.5 Å². The van der Waals surface area contributed by atoms with Crippen LogP contribution in [0.25, 0.3) is 0 Å². The zero-order chi connectivity index (χ0) is 18.3. The van der Waals surface area contributed by atoms with Crippen molar-refractivity contribution in [2.45, 2.75) is 38.9 Å². The molecular formula is C20H32IN5. The molecule has 1 atom stereocenters. The Balaban J connectivity index is 0.00000338. The van der Waals surface area contributed by atoms with Crippen LogP contribution in [0.1, 0.15) is 37.9 Å². The molecule has 1 unspecified atom stereocenters. The van der Waals surface area contributed by atoms with Crippen molar-refractivity contribution in [1.82, 2.24) is 20.5 Å². The molecule has 0 fully saturated rings. The Morgan fingerprint density at radius 2 is 1.85 bits per heavy atom. The van der Waals surface area contributed by atoms with E-state index in [4.69, 9.17) is 0 Å². The predicted molar refractivity (Wildman–Crippen MR) is 121 cm³/mol. The van der Waals surface area contributed by atoms with Gasteiger partial charge >= 0.3 is 0 Å². The molecule has 2 aromatic rings. The lowest BCUT2D eigenvalue weighted by molar-refractivity contribution is 0.345. The van der Waals surface area contributed by atoms with Gasteiger partial charge in [-0.3, -0.25) is 4.99 Å². The van der Waals surface area contributed by atoms with Crippen molar-refractivity contribution in [2.24, 2.45) is 12.0 Å². The fourth-order valence-corrected chi connectivity index (χ4v) is 2.84. The summed E-state index contributed by atoms with van der Waals surface area (Å²) in [4.78, 5) is 4.31. The maximum Gasteiger partial charge on any atom is 0.191 e. The third-order valence-corrected chi connectivity index (χ3v) is 4.18. The van der Waals surface area contributed by atoms with E-state index in [1.54, 1.807) is 7.05 Å². The molecular weight excluding hydrogens is 437 g/mol. The van der Waals surface area contributed by atoms with E-state index in [-0.39, 0.29) is 35.6 Å². The molecule has 1 aromatic carbocycles. The summed E-state index contributed by atoms with van der Waals surface area (Å²) in [6.45, 7) is 8.13. The highest BCUT2D eigenvalue weighted by Crippen LogP contribution is 2.15. The van der Waals surface area contributed by atoms with Crippen LogP contribution in [-0.2, 0) is 13.6 Å². The molecule has 6 heteroatoms. The van der Waals surface area contributed by atoms with Gasteiger partial charge in [0.15, 0.2) is 5.96 Å². The molecule has 0 saturated heterocycles. The first-order valence-electron chi connectivity index (χ1n) is 8.77. The highest BCUT2D eigenvalue weighted by molar-refractivity contribution is 14.0. The highest BCUT2D eigenvalue weighted by Gasteiger charge is 2.21. The zero-order valence-corrected chi connectivity index (χ0v) is 18.7. The van der Waals surface area contributed by atoms with Gasteiger partial charge in [-0.15, -0.1) is 24.0 Å². The summed E-state index contributed by atoms with van der Waals surface area (Å²) in [5.74, 6) is 0.811. The summed E-state index contributed by atoms with van der Waals surface area (Å²) in [7, 11) is 3.83. The first-order chi connectivity index (χ1) is 11.9. The molecule has 1 aromatic heterocycles. The van der Waals surface area contributed by atoms with Gasteiger partial charge in [-0.25, -0.2) is 0 Å². The number of halogens is 1. The SMILES string of the molecule is CN=C(NCc1ccn(C)c1)NCC(C)(C)NC(C)c1ccccc1.I. The fourth-order valence-electron chi connectivity index (χ4n) is 2.84. The van der Waals surface area contributed by atoms with Crippen molar-refractivity contribution in [1.29, 1.82) is 0 Å². The van der Waals surface area contributed by atoms with E-state index >= 15 is 0 Å². The summed E-state index contributed by atoms with van der Waals surface area (Å²) >= 11 is 0. The van der Waals surface area contributed by atoms with Crippen LogP contribution in [-0.4, -0.2) is 29.7 Å². The smallest absolute Gasteiger partial charge is 0.191 e. The zero-order valence-electron chi connectivity index (χ0n) is 16.4. The second kappa shape index (κ2) is 10.6. The van der Waals surface area contributed by atoms with E-state index in [9.17, 15) is 0 Å². The van der Waals surface area contributed by atoms with Crippen molar-refractivity contribution >= 4 is 29.9 Å². The average Bonchev–Trinajstić information content (AvgIpc) is 3.01. The van der Waals surface area contributed by atoms with E-state index < -0.39 is 0 Å². The first kappa shape index (κ1) is 22.5. The molecule has 0 aliphatic rings. The van der Waals surface area contributed by atoms with Crippen LogP contribution in [0.5, 0.6) is 0 Å². The third-order valence-electron chi connectivity index (χ3n) is 4.18. The third kappa shape index (κ3) is 7.37. The standard InChI is InChI=1S/C20H31N5.HI/c1-16(18-9-7-6-8-10-18)24-20(2,3)15-23-19(21-4)22-13-17-11-12-25(5)14-17;/h6-12,14,16,24H,13,15H2,1-5H3,(H2,21,22,23);1H. The molecule has 3 N–H and O–H groups in total.